The zero-order valence-corrected chi connectivity index (χ0v) is 9.38. The van der Waals surface area contributed by atoms with Crippen LogP contribution in [-0.4, -0.2) is 10.1 Å². The second-order valence-electron chi connectivity index (χ2n) is 3.82. The number of rotatable bonds is 2. The molecule has 2 aromatic heterocycles. The van der Waals surface area contributed by atoms with Gasteiger partial charge in [0, 0.05) is 29.6 Å². The molecule has 0 aliphatic heterocycles. The molecule has 3 nitrogen and oxygen atoms in total. The lowest BCUT2D eigenvalue weighted by molar-refractivity contribution is 0.435. The van der Waals surface area contributed by atoms with Crippen LogP contribution >= 0.6 is 0 Å². The van der Waals surface area contributed by atoms with Crippen molar-refractivity contribution in [1.82, 2.24) is 10.1 Å². The third-order valence-electron chi connectivity index (χ3n) is 2.60. The molecule has 18 heavy (non-hydrogen) atoms. The molecule has 0 bridgehead atoms. The smallest absolute Gasteiger partial charge is 0.167 e. The number of aromatic nitrogens is 2. The molecule has 3 rings (SSSR count). The average Bonchev–Trinajstić information content (AvgIpc) is 2.90. The van der Waals surface area contributed by atoms with E-state index < -0.39 is 0 Å². The van der Waals surface area contributed by atoms with Crippen molar-refractivity contribution < 1.29 is 8.91 Å². The Labute approximate surface area is 103 Å². The van der Waals surface area contributed by atoms with Gasteiger partial charge < -0.3 is 4.52 Å². The number of hydrogen-bond donors (Lipinski definition) is 0. The highest BCUT2D eigenvalue weighted by Crippen LogP contribution is 2.25. The molecule has 2 heterocycles. The van der Waals surface area contributed by atoms with Crippen molar-refractivity contribution in [2.24, 2.45) is 0 Å². The maximum absolute atomic E-state index is 12.8. The Kier molecular flexibility index (Phi) is 2.61. The van der Waals surface area contributed by atoms with Crippen LogP contribution < -0.4 is 0 Å². The Morgan fingerprint density at radius 3 is 2.56 bits per heavy atom. The Morgan fingerprint density at radius 1 is 1.00 bits per heavy atom. The molecule has 0 aliphatic rings. The van der Waals surface area contributed by atoms with Gasteiger partial charge in [-0.3, -0.25) is 4.98 Å². The van der Waals surface area contributed by atoms with Gasteiger partial charge in [0.25, 0.3) is 0 Å². The van der Waals surface area contributed by atoms with E-state index in [4.69, 9.17) is 4.52 Å². The molecule has 0 N–H and O–H groups in total. The number of nitrogens with zero attached hydrogens (tertiary/aromatic N) is 2. The summed E-state index contributed by atoms with van der Waals surface area (Å²) in [7, 11) is 0. The SMILES string of the molecule is Fc1ccc(-c2cc(-c3cccnc3)no2)cc1. The van der Waals surface area contributed by atoms with E-state index in [2.05, 4.69) is 10.1 Å². The molecule has 4 heteroatoms. The minimum Gasteiger partial charge on any atom is -0.356 e. The summed E-state index contributed by atoms with van der Waals surface area (Å²) in [4.78, 5) is 4.02. The first-order chi connectivity index (χ1) is 8.83. The summed E-state index contributed by atoms with van der Waals surface area (Å²) in [6.45, 7) is 0. The monoisotopic (exact) mass is 240 g/mol. The van der Waals surface area contributed by atoms with Crippen molar-refractivity contribution in [2.45, 2.75) is 0 Å². The summed E-state index contributed by atoms with van der Waals surface area (Å²) in [5.41, 5.74) is 2.39. The first-order valence-electron chi connectivity index (χ1n) is 5.46. The minimum absolute atomic E-state index is 0.272. The summed E-state index contributed by atoms with van der Waals surface area (Å²) in [5, 5.41) is 3.98. The first kappa shape index (κ1) is 10.7. The minimum atomic E-state index is -0.272. The van der Waals surface area contributed by atoms with Gasteiger partial charge in [-0.25, -0.2) is 4.39 Å². The van der Waals surface area contributed by atoms with E-state index in [0.29, 0.717) is 11.5 Å². The van der Waals surface area contributed by atoms with Crippen molar-refractivity contribution in [3.05, 3.63) is 60.7 Å². The number of halogens is 1. The van der Waals surface area contributed by atoms with Crippen molar-refractivity contribution >= 4 is 0 Å². The second kappa shape index (κ2) is 4.41. The fraction of sp³-hybridized carbons (Fsp3) is 0. The quantitative estimate of drug-likeness (QED) is 0.687. The van der Waals surface area contributed by atoms with Gasteiger partial charge in [0.05, 0.1) is 0 Å². The van der Waals surface area contributed by atoms with Crippen LogP contribution in [-0.2, 0) is 0 Å². The average molecular weight is 240 g/mol. The zero-order valence-electron chi connectivity index (χ0n) is 9.38. The zero-order chi connectivity index (χ0) is 12.4. The molecule has 1 aromatic carbocycles. The van der Waals surface area contributed by atoms with Crippen LogP contribution in [0.15, 0.2) is 59.4 Å². The van der Waals surface area contributed by atoms with Crippen LogP contribution in [0.5, 0.6) is 0 Å². The second-order valence-corrected chi connectivity index (χ2v) is 3.82. The van der Waals surface area contributed by atoms with E-state index in [0.717, 1.165) is 11.1 Å². The summed E-state index contributed by atoms with van der Waals surface area (Å²) in [5.74, 6) is 0.333. The summed E-state index contributed by atoms with van der Waals surface area (Å²) >= 11 is 0. The number of pyridine rings is 1. The maximum atomic E-state index is 12.8. The molecule has 88 valence electrons. The summed E-state index contributed by atoms with van der Waals surface area (Å²) in [6.07, 6.45) is 3.41. The molecule has 0 saturated carbocycles. The van der Waals surface area contributed by atoms with Crippen molar-refractivity contribution in [3.63, 3.8) is 0 Å². The van der Waals surface area contributed by atoms with Crippen molar-refractivity contribution in [3.8, 4) is 22.6 Å². The van der Waals surface area contributed by atoms with Gasteiger partial charge in [0.15, 0.2) is 5.76 Å². The Morgan fingerprint density at radius 2 is 1.83 bits per heavy atom. The largest absolute Gasteiger partial charge is 0.356 e. The topological polar surface area (TPSA) is 38.9 Å². The van der Waals surface area contributed by atoms with E-state index in [1.165, 1.54) is 12.1 Å². The molecular formula is C14H9FN2O. The lowest BCUT2D eigenvalue weighted by Gasteiger charge is -1.93. The normalized spacial score (nSPS) is 10.5. The molecule has 3 aromatic rings. The molecule has 0 spiro atoms. The predicted octanol–water partition coefficient (Wildman–Crippen LogP) is 3.54. The molecule has 0 unspecified atom stereocenters. The van der Waals surface area contributed by atoms with Gasteiger partial charge in [-0.05, 0) is 36.4 Å². The Balaban J connectivity index is 1.97. The Hall–Kier alpha value is -2.49. The van der Waals surface area contributed by atoms with Gasteiger partial charge in [0.2, 0.25) is 0 Å². The molecule has 0 saturated heterocycles. The van der Waals surface area contributed by atoms with Crippen molar-refractivity contribution in [1.29, 1.82) is 0 Å². The van der Waals surface area contributed by atoms with Crippen LogP contribution in [0, 0.1) is 5.82 Å². The van der Waals surface area contributed by atoms with Gasteiger partial charge >= 0.3 is 0 Å². The van der Waals surface area contributed by atoms with E-state index >= 15 is 0 Å². The highest BCUT2D eigenvalue weighted by Gasteiger charge is 2.08. The standard InChI is InChI=1S/C14H9FN2O/c15-12-5-3-10(4-6-12)14-8-13(17-18-14)11-2-1-7-16-9-11/h1-9H. The molecule has 0 radical (unpaired) electrons. The molecule has 0 aliphatic carbocycles. The van der Waals surface area contributed by atoms with Crippen LogP contribution in [0.3, 0.4) is 0 Å². The van der Waals surface area contributed by atoms with Gasteiger partial charge in [-0.15, -0.1) is 0 Å². The van der Waals surface area contributed by atoms with Crippen LogP contribution in [0.25, 0.3) is 22.6 Å². The molecule has 0 fully saturated rings. The van der Waals surface area contributed by atoms with Gasteiger partial charge in [0.1, 0.15) is 11.5 Å². The maximum Gasteiger partial charge on any atom is 0.167 e. The van der Waals surface area contributed by atoms with E-state index in [1.54, 1.807) is 24.5 Å². The highest BCUT2D eigenvalue weighted by atomic mass is 19.1. The van der Waals surface area contributed by atoms with Crippen LogP contribution in [0.2, 0.25) is 0 Å². The molecular weight excluding hydrogens is 231 g/mol. The fourth-order valence-electron chi connectivity index (χ4n) is 1.68. The van der Waals surface area contributed by atoms with Crippen molar-refractivity contribution in [2.75, 3.05) is 0 Å². The van der Waals surface area contributed by atoms with Crippen LogP contribution in [0.4, 0.5) is 4.39 Å². The van der Waals surface area contributed by atoms with E-state index in [9.17, 15) is 4.39 Å². The third kappa shape index (κ3) is 2.00. The summed E-state index contributed by atoms with van der Waals surface area (Å²) < 4.78 is 18.1. The van der Waals surface area contributed by atoms with E-state index in [1.807, 2.05) is 18.2 Å². The number of hydrogen-bond acceptors (Lipinski definition) is 3. The molecule has 0 atom stereocenters. The first-order valence-corrected chi connectivity index (χ1v) is 5.46. The Bertz CT molecular complexity index is 647. The fourth-order valence-corrected chi connectivity index (χ4v) is 1.68. The lowest BCUT2D eigenvalue weighted by Crippen LogP contribution is -1.77. The van der Waals surface area contributed by atoms with E-state index in [-0.39, 0.29) is 5.82 Å². The number of benzene rings is 1. The highest BCUT2D eigenvalue weighted by molar-refractivity contribution is 5.65. The van der Waals surface area contributed by atoms with Gasteiger partial charge in [-0.2, -0.15) is 0 Å². The third-order valence-corrected chi connectivity index (χ3v) is 2.60. The lowest BCUT2D eigenvalue weighted by atomic mass is 10.1. The van der Waals surface area contributed by atoms with Crippen LogP contribution in [0.1, 0.15) is 0 Å². The predicted molar refractivity (Wildman–Crippen MR) is 65.1 cm³/mol. The van der Waals surface area contributed by atoms with Gasteiger partial charge in [-0.1, -0.05) is 5.16 Å². The summed E-state index contributed by atoms with van der Waals surface area (Å²) in [6, 6.07) is 11.6. The molecule has 0 amide bonds.